The van der Waals surface area contributed by atoms with Gasteiger partial charge >= 0.3 is 6.18 Å². The second-order valence-electron chi connectivity index (χ2n) is 10.6. The van der Waals surface area contributed by atoms with Gasteiger partial charge < -0.3 is 18.7 Å². The van der Waals surface area contributed by atoms with E-state index >= 15 is 0 Å². The predicted octanol–water partition coefficient (Wildman–Crippen LogP) is 4.71. The van der Waals surface area contributed by atoms with Crippen molar-refractivity contribution in [1.29, 1.82) is 0 Å². The number of hydrogen-bond acceptors (Lipinski definition) is 8. The highest BCUT2D eigenvalue weighted by atomic mass is 32.2. The standard InChI is InChI=1S/C30H28F3N7O5S/c1-18-27(19(2)45-36-18)46(42,43)37(3)17-25-34-14-16-38(25)20-5-7-21(8-6-20)39-15-13-24-26(29(39)41)40(35-28(24)30(31,32)33)22-9-11-23(44-4)12-10-22/h5-12,14,16H,13,15,17H2,1-4H3. The molecule has 0 unspecified atom stereocenters. The van der Waals surface area contributed by atoms with Gasteiger partial charge in [0.15, 0.2) is 11.5 Å². The number of benzene rings is 2. The number of aromatic nitrogens is 5. The van der Waals surface area contributed by atoms with Crippen molar-refractivity contribution in [3.63, 3.8) is 0 Å². The van der Waals surface area contributed by atoms with E-state index < -0.39 is 27.8 Å². The molecule has 2 aromatic carbocycles. The summed E-state index contributed by atoms with van der Waals surface area (Å²) in [6.07, 6.45) is -1.58. The number of anilines is 1. The van der Waals surface area contributed by atoms with E-state index in [1.54, 1.807) is 54.1 Å². The first-order chi connectivity index (χ1) is 21.8. The highest BCUT2D eigenvalue weighted by molar-refractivity contribution is 7.89. The molecule has 0 fully saturated rings. The summed E-state index contributed by atoms with van der Waals surface area (Å²) in [6.45, 7) is 3.03. The molecule has 0 radical (unpaired) electrons. The molecule has 1 amide bonds. The molecule has 0 bridgehead atoms. The zero-order chi connectivity index (χ0) is 33.0. The van der Waals surface area contributed by atoms with E-state index in [-0.39, 0.29) is 52.8 Å². The second-order valence-corrected chi connectivity index (χ2v) is 12.6. The average molecular weight is 656 g/mol. The van der Waals surface area contributed by atoms with Crippen molar-refractivity contribution in [3.8, 4) is 17.1 Å². The maximum absolute atomic E-state index is 14.0. The van der Waals surface area contributed by atoms with E-state index in [1.165, 1.54) is 44.3 Å². The summed E-state index contributed by atoms with van der Waals surface area (Å²) in [5.74, 6) is 0.489. The number of carbonyl (C=O) groups is 1. The fourth-order valence-electron chi connectivity index (χ4n) is 5.51. The SMILES string of the molecule is COc1ccc(-n2nc(C(F)(F)F)c3c2C(=O)N(c2ccc(-n4ccnc4CN(C)S(=O)(=O)c4c(C)noc4C)cc2)CC3)cc1. The van der Waals surface area contributed by atoms with Crippen LogP contribution in [0.2, 0.25) is 0 Å². The Morgan fingerprint density at radius 3 is 2.28 bits per heavy atom. The predicted molar refractivity (Wildman–Crippen MR) is 159 cm³/mol. The fraction of sp³-hybridized carbons (Fsp3) is 0.267. The Morgan fingerprint density at radius 2 is 1.67 bits per heavy atom. The lowest BCUT2D eigenvalue weighted by Gasteiger charge is -2.28. The number of halogens is 3. The molecule has 6 rings (SSSR count). The number of rotatable bonds is 8. The summed E-state index contributed by atoms with van der Waals surface area (Å²) in [7, 11) is -1.02. The summed E-state index contributed by atoms with van der Waals surface area (Å²) < 4.78 is 82.4. The first-order valence-corrected chi connectivity index (χ1v) is 15.4. The monoisotopic (exact) mass is 655 g/mol. The lowest BCUT2D eigenvalue weighted by molar-refractivity contribution is -0.141. The summed E-state index contributed by atoms with van der Waals surface area (Å²) in [6, 6.07) is 13.0. The molecule has 1 aliphatic rings. The van der Waals surface area contributed by atoms with Crippen LogP contribution in [0.25, 0.3) is 11.4 Å². The van der Waals surface area contributed by atoms with Crippen LogP contribution in [0.5, 0.6) is 5.75 Å². The number of imidazole rings is 1. The zero-order valence-corrected chi connectivity index (χ0v) is 25.9. The van der Waals surface area contributed by atoms with Gasteiger partial charge in [-0.3, -0.25) is 4.79 Å². The number of fused-ring (bicyclic) bond motifs is 1. The van der Waals surface area contributed by atoms with Gasteiger partial charge in [-0.2, -0.15) is 22.6 Å². The number of amides is 1. The van der Waals surface area contributed by atoms with E-state index in [1.807, 2.05) is 0 Å². The Hall–Kier alpha value is -4.96. The maximum atomic E-state index is 14.0. The molecule has 16 heteroatoms. The van der Waals surface area contributed by atoms with Crippen LogP contribution in [0.4, 0.5) is 18.9 Å². The molecule has 1 aliphatic heterocycles. The highest BCUT2D eigenvalue weighted by Gasteiger charge is 2.43. The second kappa shape index (κ2) is 11.4. The number of methoxy groups -OCH3 is 1. The van der Waals surface area contributed by atoms with Gasteiger partial charge in [-0.25, -0.2) is 18.1 Å². The Balaban J connectivity index is 1.28. The quantitative estimate of drug-likeness (QED) is 0.235. The first-order valence-electron chi connectivity index (χ1n) is 14.0. The maximum Gasteiger partial charge on any atom is 0.435 e. The van der Waals surface area contributed by atoms with Crippen molar-refractivity contribution in [1.82, 2.24) is 28.8 Å². The Labute approximate surface area is 261 Å². The molecule has 0 aliphatic carbocycles. The van der Waals surface area contributed by atoms with Gasteiger partial charge in [-0.05, 0) is 68.8 Å². The molecule has 240 valence electrons. The lowest BCUT2D eigenvalue weighted by Crippen LogP contribution is -2.39. The molecule has 0 spiro atoms. The van der Waals surface area contributed by atoms with Crippen LogP contribution in [-0.2, 0) is 29.2 Å². The van der Waals surface area contributed by atoms with Gasteiger partial charge in [-0.1, -0.05) is 5.16 Å². The minimum Gasteiger partial charge on any atom is -0.497 e. The third kappa shape index (κ3) is 5.32. The number of alkyl halides is 3. The Bertz CT molecular complexity index is 2010. The van der Waals surface area contributed by atoms with Crippen LogP contribution >= 0.6 is 0 Å². The molecule has 46 heavy (non-hydrogen) atoms. The van der Waals surface area contributed by atoms with E-state index in [9.17, 15) is 26.4 Å². The van der Waals surface area contributed by atoms with E-state index in [0.29, 0.717) is 22.9 Å². The minimum absolute atomic E-state index is 0.00232. The van der Waals surface area contributed by atoms with Crippen LogP contribution < -0.4 is 9.64 Å². The average Bonchev–Trinajstić information content (AvgIpc) is 3.74. The van der Waals surface area contributed by atoms with Crippen molar-refractivity contribution >= 4 is 21.6 Å². The fourth-order valence-corrected chi connectivity index (χ4v) is 6.91. The van der Waals surface area contributed by atoms with Gasteiger partial charge in [0, 0.05) is 42.9 Å². The van der Waals surface area contributed by atoms with Gasteiger partial charge in [0.2, 0.25) is 10.0 Å². The smallest absolute Gasteiger partial charge is 0.435 e. The van der Waals surface area contributed by atoms with Gasteiger partial charge in [-0.15, -0.1) is 0 Å². The van der Waals surface area contributed by atoms with Gasteiger partial charge in [0.05, 0.1) is 19.3 Å². The van der Waals surface area contributed by atoms with E-state index in [0.717, 1.165) is 8.99 Å². The number of carbonyl (C=O) groups excluding carboxylic acids is 1. The van der Waals surface area contributed by atoms with Crippen molar-refractivity contribution in [2.45, 2.75) is 37.9 Å². The summed E-state index contributed by atoms with van der Waals surface area (Å²) in [5, 5.41) is 7.57. The van der Waals surface area contributed by atoms with E-state index in [2.05, 4.69) is 15.2 Å². The first kappa shape index (κ1) is 31.0. The van der Waals surface area contributed by atoms with Crippen molar-refractivity contribution in [2.75, 3.05) is 25.6 Å². The Kier molecular flexibility index (Phi) is 7.72. The topological polar surface area (TPSA) is 129 Å². The molecule has 3 aromatic heterocycles. The minimum atomic E-state index is -4.74. The van der Waals surface area contributed by atoms with Crippen molar-refractivity contribution < 1.29 is 35.6 Å². The zero-order valence-electron chi connectivity index (χ0n) is 25.1. The number of hydrogen-bond donors (Lipinski definition) is 0. The number of nitrogens with zero attached hydrogens (tertiary/aromatic N) is 7. The third-order valence-electron chi connectivity index (χ3n) is 7.76. The molecule has 0 atom stereocenters. The third-order valence-corrected chi connectivity index (χ3v) is 9.81. The Morgan fingerprint density at radius 1 is 1.02 bits per heavy atom. The van der Waals surface area contributed by atoms with Gasteiger partial charge in [0.1, 0.15) is 27.9 Å². The van der Waals surface area contributed by atoms with Crippen LogP contribution in [0.1, 0.15) is 39.0 Å². The molecule has 12 nitrogen and oxygen atoms in total. The number of sulfonamides is 1. The summed E-state index contributed by atoms with van der Waals surface area (Å²) in [4.78, 5) is 19.5. The van der Waals surface area contributed by atoms with E-state index in [4.69, 9.17) is 9.26 Å². The molecule has 0 N–H and O–H groups in total. The van der Waals surface area contributed by atoms with Crippen LogP contribution in [0.15, 0.2) is 70.3 Å². The summed E-state index contributed by atoms with van der Waals surface area (Å²) >= 11 is 0. The van der Waals surface area contributed by atoms with Crippen LogP contribution in [-0.4, -0.2) is 63.8 Å². The normalized spacial score (nSPS) is 13.8. The molecule has 0 saturated carbocycles. The molecular weight excluding hydrogens is 627 g/mol. The van der Waals surface area contributed by atoms with Crippen LogP contribution in [0.3, 0.4) is 0 Å². The molecule has 0 saturated heterocycles. The number of ether oxygens (including phenoxy) is 1. The lowest BCUT2D eigenvalue weighted by atomic mass is 10.0. The summed E-state index contributed by atoms with van der Waals surface area (Å²) in [5.41, 5.74) is 0.238. The molecule has 4 heterocycles. The van der Waals surface area contributed by atoms with Crippen molar-refractivity contribution in [3.05, 3.63) is 95.2 Å². The molecule has 5 aromatic rings. The number of aryl methyl sites for hydroxylation is 2. The van der Waals surface area contributed by atoms with Gasteiger partial charge in [0.25, 0.3) is 5.91 Å². The highest BCUT2D eigenvalue weighted by Crippen LogP contribution is 2.37. The molecular formula is C30H28F3N7O5S. The van der Waals surface area contributed by atoms with Crippen LogP contribution in [0, 0.1) is 13.8 Å². The largest absolute Gasteiger partial charge is 0.497 e. The van der Waals surface area contributed by atoms with Crippen molar-refractivity contribution in [2.24, 2.45) is 0 Å².